The normalized spacial score (nSPS) is 17.7. The molecule has 0 N–H and O–H groups in total. The summed E-state index contributed by atoms with van der Waals surface area (Å²) in [7, 11) is 1.33. The van der Waals surface area contributed by atoms with E-state index in [0.717, 1.165) is 16.7 Å². The van der Waals surface area contributed by atoms with Gasteiger partial charge in [-0.15, -0.1) is 0 Å². The van der Waals surface area contributed by atoms with Crippen LogP contribution in [0.2, 0.25) is 0 Å². The van der Waals surface area contributed by atoms with Gasteiger partial charge in [0.05, 0.1) is 13.7 Å². The summed E-state index contributed by atoms with van der Waals surface area (Å²) in [5.41, 5.74) is 2.64. The van der Waals surface area contributed by atoms with E-state index in [0.29, 0.717) is 13.0 Å². The van der Waals surface area contributed by atoms with Crippen molar-refractivity contribution in [3.63, 3.8) is 0 Å². The third-order valence-corrected chi connectivity index (χ3v) is 3.59. The first-order chi connectivity index (χ1) is 10.2. The topological polar surface area (TPSA) is 55.8 Å². The third kappa shape index (κ3) is 3.59. The van der Waals surface area contributed by atoms with Gasteiger partial charge in [-0.25, -0.2) is 9.59 Å². The van der Waals surface area contributed by atoms with Crippen LogP contribution in [0.4, 0.5) is 4.79 Å². The molecule has 5 heteroatoms. The molecule has 0 fully saturated rings. The van der Waals surface area contributed by atoms with E-state index in [9.17, 15) is 9.59 Å². The number of benzene rings is 1. The number of aryl methyl sites for hydroxylation is 1. The lowest BCUT2D eigenvalue weighted by Gasteiger charge is -2.36. The maximum atomic E-state index is 12.4. The van der Waals surface area contributed by atoms with E-state index in [2.05, 4.69) is 0 Å². The molecule has 1 amide bonds. The molecule has 0 aliphatic carbocycles. The molecular weight excluding hydrogens is 282 g/mol. The van der Waals surface area contributed by atoms with Crippen LogP contribution in [0.1, 0.15) is 37.5 Å². The number of fused-ring (bicyclic) bond motifs is 1. The van der Waals surface area contributed by atoms with Gasteiger partial charge in [-0.05, 0) is 38.8 Å². The Balaban J connectivity index is 2.32. The molecule has 2 rings (SSSR count). The number of nitrogens with zero attached hydrogens (tertiary/aromatic N) is 1. The highest BCUT2D eigenvalue weighted by molar-refractivity contribution is 5.82. The lowest BCUT2D eigenvalue weighted by Crippen LogP contribution is -2.50. The van der Waals surface area contributed by atoms with E-state index in [1.54, 1.807) is 20.8 Å². The molecule has 22 heavy (non-hydrogen) atoms. The van der Waals surface area contributed by atoms with E-state index in [4.69, 9.17) is 9.47 Å². The van der Waals surface area contributed by atoms with Crippen LogP contribution in [0.15, 0.2) is 18.2 Å². The predicted molar refractivity (Wildman–Crippen MR) is 82.5 cm³/mol. The summed E-state index contributed by atoms with van der Waals surface area (Å²) in [5.74, 6) is -0.419. The average molecular weight is 305 g/mol. The summed E-state index contributed by atoms with van der Waals surface area (Å²) < 4.78 is 10.3. The highest BCUT2D eigenvalue weighted by Crippen LogP contribution is 2.26. The Morgan fingerprint density at radius 2 is 1.91 bits per heavy atom. The molecule has 1 unspecified atom stereocenters. The maximum Gasteiger partial charge on any atom is 0.411 e. The summed E-state index contributed by atoms with van der Waals surface area (Å²) in [6.07, 6.45) is -0.0447. The summed E-state index contributed by atoms with van der Waals surface area (Å²) >= 11 is 0. The van der Waals surface area contributed by atoms with Crippen molar-refractivity contribution >= 4 is 12.1 Å². The average Bonchev–Trinajstić information content (AvgIpc) is 2.43. The van der Waals surface area contributed by atoms with E-state index >= 15 is 0 Å². The fraction of sp³-hybridized carbons (Fsp3) is 0.529. The Hall–Kier alpha value is -2.04. The first-order valence-corrected chi connectivity index (χ1v) is 7.37. The smallest absolute Gasteiger partial charge is 0.411 e. The molecule has 0 saturated heterocycles. The van der Waals surface area contributed by atoms with Gasteiger partial charge in [-0.2, -0.15) is 0 Å². The van der Waals surface area contributed by atoms with Crippen molar-refractivity contribution in [3.8, 4) is 0 Å². The van der Waals surface area contributed by atoms with Gasteiger partial charge in [0.25, 0.3) is 0 Å². The van der Waals surface area contributed by atoms with Crippen LogP contribution in [0.25, 0.3) is 0 Å². The van der Waals surface area contributed by atoms with Crippen molar-refractivity contribution in [3.05, 3.63) is 34.9 Å². The predicted octanol–water partition coefficient (Wildman–Crippen LogP) is 2.83. The molecule has 0 aromatic heterocycles. The standard InChI is InChI=1S/C17H23NO4/c1-11-6-7-12-9-14(15(19)21-5)18(10-13(12)8-11)16(20)22-17(2,3)4/h6-8,14H,9-10H2,1-5H3. The summed E-state index contributed by atoms with van der Waals surface area (Å²) in [6.45, 7) is 7.77. The van der Waals surface area contributed by atoms with Gasteiger partial charge in [-0.3, -0.25) is 4.90 Å². The first kappa shape index (κ1) is 16.3. The summed E-state index contributed by atoms with van der Waals surface area (Å²) in [6, 6.07) is 5.42. The Labute approximate surface area is 131 Å². The monoisotopic (exact) mass is 305 g/mol. The van der Waals surface area contributed by atoms with E-state index in [1.807, 2.05) is 25.1 Å². The fourth-order valence-electron chi connectivity index (χ4n) is 2.57. The second kappa shape index (κ2) is 5.99. The number of ether oxygens (including phenoxy) is 2. The highest BCUT2D eigenvalue weighted by Gasteiger charge is 2.37. The molecule has 120 valence electrons. The number of carbonyl (C=O) groups excluding carboxylic acids is 2. The SMILES string of the molecule is COC(=O)C1Cc2ccc(C)cc2CN1C(=O)OC(C)(C)C. The van der Waals surface area contributed by atoms with E-state index < -0.39 is 23.7 Å². The van der Waals surface area contributed by atoms with Gasteiger partial charge in [0.2, 0.25) is 0 Å². The molecule has 5 nitrogen and oxygen atoms in total. The molecule has 1 aliphatic heterocycles. The molecule has 1 atom stereocenters. The lowest BCUT2D eigenvalue weighted by molar-refractivity contribution is -0.147. The number of methoxy groups -OCH3 is 1. The van der Waals surface area contributed by atoms with Crippen LogP contribution >= 0.6 is 0 Å². The molecule has 1 aromatic rings. The van der Waals surface area contributed by atoms with Gasteiger partial charge >= 0.3 is 12.1 Å². The minimum absolute atomic E-state index is 0.353. The van der Waals surface area contributed by atoms with Crippen molar-refractivity contribution in [2.24, 2.45) is 0 Å². The van der Waals surface area contributed by atoms with Crippen molar-refractivity contribution in [2.45, 2.75) is 52.3 Å². The highest BCUT2D eigenvalue weighted by atomic mass is 16.6. The second-order valence-electron chi connectivity index (χ2n) is 6.62. The quantitative estimate of drug-likeness (QED) is 0.749. The van der Waals surface area contributed by atoms with Crippen molar-refractivity contribution in [2.75, 3.05) is 7.11 Å². The zero-order chi connectivity index (χ0) is 16.5. The molecule has 1 heterocycles. The van der Waals surface area contributed by atoms with Crippen molar-refractivity contribution < 1.29 is 19.1 Å². The van der Waals surface area contributed by atoms with Crippen LogP contribution in [-0.4, -0.2) is 35.7 Å². The molecule has 0 bridgehead atoms. The number of hydrogen-bond donors (Lipinski definition) is 0. The van der Waals surface area contributed by atoms with Gasteiger partial charge < -0.3 is 9.47 Å². The largest absolute Gasteiger partial charge is 0.467 e. The van der Waals surface area contributed by atoms with Gasteiger partial charge in [0, 0.05) is 6.42 Å². The molecular formula is C17H23NO4. The van der Waals surface area contributed by atoms with Gasteiger partial charge in [0.15, 0.2) is 0 Å². The molecule has 1 aromatic carbocycles. The zero-order valence-corrected chi connectivity index (χ0v) is 13.8. The minimum Gasteiger partial charge on any atom is -0.467 e. The van der Waals surface area contributed by atoms with Crippen LogP contribution in [0, 0.1) is 6.92 Å². The van der Waals surface area contributed by atoms with Crippen LogP contribution in [0.5, 0.6) is 0 Å². The van der Waals surface area contributed by atoms with E-state index in [-0.39, 0.29) is 0 Å². The number of esters is 1. The van der Waals surface area contributed by atoms with Crippen LogP contribution in [-0.2, 0) is 27.2 Å². The maximum absolute atomic E-state index is 12.4. The summed E-state index contributed by atoms with van der Waals surface area (Å²) in [4.78, 5) is 25.9. The van der Waals surface area contributed by atoms with Crippen molar-refractivity contribution in [1.82, 2.24) is 4.90 Å². The number of carbonyl (C=O) groups is 2. The number of rotatable bonds is 1. The second-order valence-corrected chi connectivity index (χ2v) is 6.62. The summed E-state index contributed by atoms with van der Waals surface area (Å²) in [5, 5.41) is 0. The number of hydrogen-bond acceptors (Lipinski definition) is 4. The van der Waals surface area contributed by atoms with Crippen LogP contribution in [0.3, 0.4) is 0 Å². The zero-order valence-electron chi connectivity index (χ0n) is 13.8. The van der Waals surface area contributed by atoms with Crippen molar-refractivity contribution in [1.29, 1.82) is 0 Å². The Morgan fingerprint density at radius 3 is 2.50 bits per heavy atom. The first-order valence-electron chi connectivity index (χ1n) is 7.37. The van der Waals surface area contributed by atoms with Gasteiger partial charge in [0.1, 0.15) is 11.6 Å². The molecule has 1 aliphatic rings. The molecule has 0 saturated carbocycles. The third-order valence-electron chi connectivity index (χ3n) is 3.59. The minimum atomic E-state index is -0.643. The number of amides is 1. The molecule has 0 spiro atoms. The van der Waals surface area contributed by atoms with Crippen LogP contribution < -0.4 is 0 Å². The Bertz CT molecular complexity index is 589. The van der Waals surface area contributed by atoms with E-state index in [1.165, 1.54) is 12.0 Å². The Morgan fingerprint density at radius 1 is 1.23 bits per heavy atom. The fourth-order valence-corrected chi connectivity index (χ4v) is 2.57. The Kier molecular flexibility index (Phi) is 4.44. The lowest BCUT2D eigenvalue weighted by atomic mass is 9.93. The van der Waals surface area contributed by atoms with Gasteiger partial charge in [-0.1, -0.05) is 23.8 Å². The molecule has 0 radical (unpaired) electrons.